The van der Waals surface area contributed by atoms with E-state index < -0.39 is 17.6 Å². The van der Waals surface area contributed by atoms with Crippen LogP contribution in [0.15, 0.2) is 40.1 Å². The zero-order chi connectivity index (χ0) is 23.4. The third kappa shape index (κ3) is 3.09. The molecule has 10 heteroatoms. The zero-order valence-electron chi connectivity index (χ0n) is 19.0. The second-order valence-corrected chi connectivity index (χ2v) is 7.99. The maximum Gasteiger partial charge on any atom is 0.333 e. The number of allylic oxidation sites excluding steroid dienone is 1. The molecule has 0 amide bonds. The molecule has 33 heavy (non-hydrogen) atoms. The SMILES string of the molecule is COc1cc2ncc3c(c2cc1-c1cn(C)nc1C)n(C1=C(F)C=NC[C@@H]1OC)c(=O)n3C. The fraction of sp³-hybridized carbons (Fsp3) is 0.304. The van der Waals surface area contributed by atoms with E-state index in [1.54, 1.807) is 25.0 Å². The number of dihydropyridines is 1. The van der Waals surface area contributed by atoms with Crippen LogP contribution >= 0.6 is 0 Å². The molecule has 0 N–H and O–H groups in total. The summed E-state index contributed by atoms with van der Waals surface area (Å²) in [6.07, 6.45) is 3.96. The lowest BCUT2D eigenvalue weighted by Gasteiger charge is -2.21. The fourth-order valence-corrected chi connectivity index (χ4v) is 4.46. The summed E-state index contributed by atoms with van der Waals surface area (Å²) < 4.78 is 30.7. The van der Waals surface area contributed by atoms with E-state index in [0.717, 1.165) is 23.0 Å². The number of halogens is 1. The van der Waals surface area contributed by atoms with Crippen LogP contribution in [-0.2, 0) is 18.8 Å². The Morgan fingerprint density at radius 2 is 1.97 bits per heavy atom. The van der Waals surface area contributed by atoms with Crippen molar-refractivity contribution in [2.45, 2.75) is 13.0 Å². The van der Waals surface area contributed by atoms with Crippen LogP contribution in [0.3, 0.4) is 0 Å². The monoisotopic (exact) mass is 450 g/mol. The lowest BCUT2D eigenvalue weighted by Crippen LogP contribution is -2.31. The van der Waals surface area contributed by atoms with Crippen LogP contribution in [0.4, 0.5) is 4.39 Å². The van der Waals surface area contributed by atoms with Crippen molar-refractivity contribution in [1.82, 2.24) is 23.9 Å². The Morgan fingerprint density at radius 1 is 1.18 bits per heavy atom. The minimum Gasteiger partial charge on any atom is -0.496 e. The van der Waals surface area contributed by atoms with Gasteiger partial charge in [-0.05, 0) is 13.0 Å². The van der Waals surface area contributed by atoms with Crippen molar-refractivity contribution in [1.29, 1.82) is 0 Å². The molecule has 4 aromatic rings. The topological polar surface area (TPSA) is 88.5 Å². The van der Waals surface area contributed by atoms with Crippen LogP contribution in [-0.4, -0.2) is 57.0 Å². The van der Waals surface area contributed by atoms with E-state index in [2.05, 4.69) is 15.1 Å². The third-order valence-corrected chi connectivity index (χ3v) is 6.06. The van der Waals surface area contributed by atoms with Gasteiger partial charge in [0.05, 0.1) is 54.0 Å². The largest absolute Gasteiger partial charge is 0.496 e. The molecule has 0 radical (unpaired) electrons. The van der Waals surface area contributed by atoms with Crippen LogP contribution < -0.4 is 10.4 Å². The van der Waals surface area contributed by atoms with Gasteiger partial charge in [-0.25, -0.2) is 9.18 Å². The van der Waals surface area contributed by atoms with Crippen molar-refractivity contribution >= 4 is 33.8 Å². The second-order valence-electron chi connectivity index (χ2n) is 7.99. The van der Waals surface area contributed by atoms with Gasteiger partial charge in [0, 0.05) is 50.0 Å². The molecular formula is C23H23FN6O3. The number of hydrogen-bond acceptors (Lipinski definition) is 6. The van der Waals surface area contributed by atoms with E-state index in [1.807, 2.05) is 32.3 Å². The van der Waals surface area contributed by atoms with Crippen molar-refractivity contribution in [2.24, 2.45) is 19.1 Å². The molecule has 1 aromatic carbocycles. The van der Waals surface area contributed by atoms with Crippen molar-refractivity contribution < 1.29 is 13.9 Å². The number of ether oxygens (including phenoxy) is 2. The molecule has 0 saturated heterocycles. The molecule has 0 spiro atoms. The number of methoxy groups -OCH3 is 2. The number of hydrogen-bond donors (Lipinski definition) is 0. The molecule has 0 fully saturated rings. The second kappa shape index (κ2) is 7.66. The number of aryl methyl sites for hydroxylation is 3. The number of aliphatic imine (C=N–C) groups is 1. The summed E-state index contributed by atoms with van der Waals surface area (Å²) in [5.74, 6) is 0.0183. The molecule has 1 atom stereocenters. The summed E-state index contributed by atoms with van der Waals surface area (Å²) >= 11 is 0. The minimum absolute atomic E-state index is 0.130. The van der Waals surface area contributed by atoms with Gasteiger partial charge in [-0.1, -0.05) is 0 Å². The van der Waals surface area contributed by atoms with Gasteiger partial charge in [0.1, 0.15) is 11.9 Å². The minimum atomic E-state index is -0.695. The van der Waals surface area contributed by atoms with Gasteiger partial charge in [0.15, 0.2) is 5.83 Å². The Kier molecular flexibility index (Phi) is 4.89. The van der Waals surface area contributed by atoms with Gasteiger partial charge in [-0.15, -0.1) is 0 Å². The van der Waals surface area contributed by atoms with E-state index in [1.165, 1.54) is 16.2 Å². The summed E-state index contributed by atoms with van der Waals surface area (Å²) in [5.41, 5.74) is 3.99. The van der Waals surface area contributed by atoms with E-state index >= 15 is 4.39 Å². The number of pyridine rings is 1. The average molecular weight is 450 g/mol. The highest BCUT2D eigenvalue weighted by molar-refractivity contribution is 6.07. The van der Waals surface area contributed by atoms with Crippen LogP contribution in [0.25, 0.3) is 38.8 Å². The van der Waals surface area contributed by atoms with E-state index in [9.17, 15) is 4.79 Å². The quantitative estimate of drug-likeness (QED) is 0.477. The van der Waals surface area contributed by atoms with Gasteiger partial charge in [0.25, 0.3) is 0 Å². The molecule has 3 aromatic heterocycles. The Hall–Kier alpha value is -3.79. The highest BCUT2D eigenvalue weighted by atomic mass is 19.1. The first-order chi connectivity index (χ1) is 15.8. The number of fused-ring (bicyclic) bond motifs is 3. The van der Waals surface area contributed by atoms with E-state index in [0.29, 0.717) is 27.7 Å². The third-order valence-electron chi connectivity index (χ3n) is 6.06. The molecule has 5 rings (SSSR count). The molecule has 4 heterocycles. The van der Waals surface area contributed by atoms with Gasteiger partial charge in [-0.2, -0.15) is 5.10 Å². The maximum atomic E-state index is 15.0. The number of benzene rings is 1. The zero-order valence-corrected chi connectivity index (χ0v) is 19.0. The molecule has 0 aliphatic carbocycles. The van der Waals surface area contributed by atoms with Crippen molar-refractivity contribution in [3.05, 3.63) is 46.5 Å². The van der Waals surface area contributed by atoms with Gasteiger partial charge in [0.2, 0.25) is 0 Å². The summed E-state index contributed by atoms with van der Waals surface area (Å²) in [7, 11) is 6.56. The first-order valence-corrected chi connectivity index (χ1v) is 10.4. The number of aromatic nitrogens is 5. The van der Waals surface area contributed by atoms with Gasteiger partial charge >= 0.3 is 5.69 Å². The van der Waals surface area contributed by atoms with Crippen LogP contribution in [0, 0.1) is 6.92 Å². The van der Waals surface area contributed by atoms with Crippen LogP contribution in [0.5, 0.6) is 5.75 Å². The average Bonchev–Trinajstić information content (AvgIpc) is 3.27. The summed E-state index contributed by atoms with van der Waals surface area (Å²) in [4.78, 5) is 21.9. The highest BCUT2D eigenvalue weighted by Gasteiger charge is 2.28. The van der Waals surface area contributed by atoms with Crippen LogP contribution in [0.1, 0.15) is 5.69 Å². The summed E-state index contributed by atoms with van der Waals surface area (Å²) in [6.45, 7) is 2.14. The normalized spacial score (nSPS) is 16.4. The maximum absolute atomic E-state index is 15.0. The van der Waals surface area contributed by atoms with Gasteiger partial charge in [-0.3, -0.25) is 23.8 Å². The molecule has 0 unspecified atom stereocenters. The Labute approximate surface area is 188 Å². The smallest absolute Gasteiger partial charge is 0.333 e. The van der Waals surface area contributed by atoms with Crippen molar-refractivity contribution in [3.63, 3.8) is 0 Å². The number of rotatable bonds is 4. The molecule has 9 nitrogen and oxygen atoms in total. The number of imidazole rings is 1. The molecular weight excluding hydrogens is 427 g/mol. The molecule has 0 bridgehead atoms. The predicted molar refractivity (Wildman–Crippen MR) is 124 cm³/mol. The fourth-order valence-electron chi connectivity index (χ4n) is 4.46. The van der Waals surface area contributed by atoms with E-state index in [-0.39, 0.29) is 12.2 Å². The predicted octanol–water partition coefficient (Wildman–Crippen LogP) is 2.84. The Morgan fingerprint density at radius 3 is 2.64 bits per heavy atom. The standard InChI is InChI=1S/C23H23FN6O3/c1-12-15(11-28(2)27-12)13-6-14-17(7-19(13)32-4)26-9-18-21(14)30(23(31)29(18)3)22-16(24)8-25-10-20(22)33-5/h6-9,11,20H,10H2,1-5H3/t20-/m0/s1. The first kappa shape index (κ1) is 21.1. The highest BCUT2D eigenvalue weighted by Crippen LogP contribution is 2.38. The van der Waals surface area contributed by atoms with Gasteiger partial charge < -0.3 is 9.47 Å². The number of nitrogens with zero attached hydrogens (tertiary/aromatic N) is 6. The Balaban J connectivity index is 1.93. The van der Waals surface area contributed by atoms with Crippen molar-refractivity contribution in [2.75, 3.05) is 20.8 Å². The first-order valence-electron chi connectivity index (χ1n) is 10.4. The van der Waals surface area contributed by atoms with E-state index in [4.69, 9.17) is 9.47 Å². The van der Waals surface area contributed by atoms with Crippen LogP contribution in [0.2, 0.25) is 0 Å². The molecule has 0 saturated carbocycles. The molecule has 1 aliphatic rings. The lowest BCUT2D eigenvalue weighted by atomic mass is 10.0. The molecule has 1 aliphatic heterocycles. The van der Waals surface area contributed by atoms with Crippen molar-refractivity contribution in [3.8, 4) is 16.9 Å². The lowest BCUT2D eigenvalue weighted by molar-refractivity contribution is 0.148. The summed E-state index contributed by atoms with van der Waals surface area (Å²) in [5, 5.41) is 5.13. The Bertz CT molecular complexity index is 1540. The summed E-state index contributed by atoms with van der Waals surface area (Å²) in [6, 6.07) is 3.74. The molecule has 170 valence electrons.